The molecule has 5 atom stereocenters. The molecule has 2 fully saturated rings. The maximum Gasteiger partial charge on any atom is 0.475 e. The van der Waals surface area contributed by atoms with Crippen LogP contribution in [0, 0.1) is 0 Å². The number of nitrogens with zero attached hydrogens (tertiary/aromatic N) is 1. The second kappa shape index (κ2) is 6.63. The standard InChI is InChI=1S/C13H17F2N2O8P/c1-6(2)24-26(21)22-5-13(11(14)15)9(25-26)8(19)10(23-13)17-4-3-7(18)16-12(17)20/h3-4,6,8-11,19H,5H2,1-2H3,(H,16,18,20)/t8-,9-,10+,13+,26?/m1/s1. The molecule has 146 valence electrons. The average molecular weight is 398 g/mol. The Morgan fingerprint density at radius 1 is 1.46 bits per heavy atom. The molecule has 0 saturated carbocycles. The summed E-state index contributed by atoms with van der Waals surface area (Å²) in [5.74, 6) is 0. The average Bonchev–Trinajstić information content (AvgIpc) is 2.80. The SMILES string of the molecule is CC(C)OP1(=O)OC[C@]2(C(F)F)O[C@H](n3ccc(=O)[nH]c3=O)[C@H](O)[C@H]2O1. The molecule has 0 radical (unpaired) electrons. The highest BCUT2D eigenvalue weighted by Gasteiger charge is 2.67. The van der Waals surface area contributed by atoms with Crippen LogP contribution in [0.1, 0.15) is 20.1 Å². The van der Waals surface area contributed by atoms with E-state index in [1.807, 2.05) is 4.98 Å². The van der Waals surface area contributed by atoms with Crippen LogP contribution < -0.4 is 11.2 Å². The summed E-state index contributed by atoms with van der Waals surface area (Å²) in [5.41, 5.74) is -4.16. The number of hydrogen-bond donors (Lipinski definition) is 2. The van der Waals surface area contributed by atoms with Gasteiger partial charge in [-0.1, -0.05) is 0 Å². The van der Waals surface area contributed by atoms with Gasteiger partial charge >= 0.3 is 13.5 Å². The number of aromatic nitrogens is 2. The van der Waals surface area contributed by atoms with E-state index in [-0.39, 0.29) is 0 Å². The van der Waals surface area contributed by atoms with Gasteiger partial charge in [-0.05, 0) is 13.8 Å². The van der Waals surface area contributed by atoms with Crippen molar-refractivity contribution in [1.82, 2.24) is 9.55 Å². The minimum Gasteiger partial charge on any atom is -0.386 e. The molecular weight excluding hydrogens is 381 g/mol. The highest BCUT2D eigenvalue weighted by atomic mass is 31.2. The van der Waals surface area contributed by atoms with E-state index < -0.39 is 62.2 Å². The summed E-state index contributed by atoms with van der Waals surface area (Å²) >= 11 is 0. The van der Waals surface area contributed by atoms with Crippen molar-refractivity contribution in [2.75, 3.05) is 6.61 Å². The predicted octanol–water partition coefficient (Wildman–Crippen LogP) is 0.379. The third-order valence-corrected chi connectivity index (χ3v) is 5.56. The molecule has 2 N–H and O–H groups in total. The van der Waals surface area contributed by atoms with Crippen LogP contribution >= 0.6 is 7.82 Å². The first kappa shape index (κ1) is 19.3. The van der Waals surface area contributed by atoms with Crippen LogP contribution in [0.2, 0.25) is 0 Å². The number of halogens is 2. The number of aromatic amines is 1. The molecular formula is C13H17F2N2O8P. The molecule has 2 saturated heterocycles. The minimum atomic E-state index is -4.22. The third-order valence-electron chi connectivity index (χ3n) is 3.95. The van der Waals surface area contributed by atoms with Crippen LogP contribution in [0.3, 0.4) is 0 Å². The summed E-state index contributed by atoms with van der Waals surface area (Å²) in [6, 6.07) is 0.957. The summed E-state index contributed by atoms with van der Waals surface area (Å²) in [4.78, 5) is 25.0. The van der Waals surface area contributed by atoms with Crippen molar-refractivity contribution >= 4 is 7.82 Å². The van der Waals surface area contributed by atoms with Crippen LogP contribution in [0.5, 0.6) is 0 Å². The van der Waals surface area contributed by atoms with Gasteiger partial charge in [0.05, 0.1) is 12.7 Å². The number of aliphatic hydroxyl groups is 1. The number of aliphatic hydroxyl groups excluding tert-OH is 1. The summed E-state index contributed by atoms with van der Waals surface area (Å²) in [6.45, 7) is 2.18. The topological polar surface area (TPSA) is 129 Å². The van der Waals surface area contributed by atoms with E-state index in [1.165, 1.54) is 13.8 Å². The Bertz CT molecular complexity index is 842. The van der Waals surface area contributed by atoms with Gasteiger partial charge in [0.2, 0.25) is 0 Å². The quantitative estimate of drug-likeness (QED) is 0.697. The molecule has 1 aromatic heterocycles. The lowest BCUT2D eigenvalue weighted by atomic mass is 9.96. The third kappa shape index (κ3) is 3.17. The maximum absolute atomic E-state index is 13.7. The lowest BCUT2D eigenvalue weighted by Gasteiger charge is -2.39. The van der Waals surface area contributed by atoms with Gasteiger partial charge < -0.3 is 9.84 Å². The van der Waals surface area contributed by atoms with Crippen molar-refractivity contribution in [2.24, 2.45) is 0 Å². The van der Waals surface area contributed by atoms with E-state index in [1.54, 1.807) is 0 Å². The highest BCUT2D eigenvalue weighted by molar-refractivity contribution is 7.48. The molecule has 1 aromatic rings. The Morgan fingerprint density at radius 2 is 2.15 bits per heavy atom. The van der Waals surface area contributed by atoms with Crippen molar-refractivity contribution in [2.45, 2.75) is 50.4 Å². The van der Waals surface area contributed by atoms with Gasteiger partial charge in [-0.2, -0.15) is 0 Å². The first-order valence-corrected chi connectivity index (χ1v) is 9.11. The Labute approximate surface area is 145 Å². The first-order chi connectivity index (χ1) is 12.1. The largest absolute Gasteiger partial charge is 0.475 e. The molecule has 13 heteroatoms. The monoisotopic (exact) mass is 398 g/mol. The van der Waals surface area contributed by atoms with Gasteiger partial charge in [0.1, 0.15) is 12.2 Å². The van der Waals surface area contributed by atoms with Gasteiger partial charge in [-0.3, -0.25) is 27.9 Å². The van der Waals surface area contributed by atoms with Gasteiger partial charge in [-0.25, -0.2) is 18.1 Å². The Balaban J connectivity index is 1.99. The maximum atomic E-state index is 13.7. The van der Waals surface area contributed by atoms with Crippen molar-refractivity contribution in [3.8, 4) is 0 Å². The van der Waals surface area contributed by atoms with E-state index in [4.69, 9.17) is 18.3 Å². The van der Waals surface area contributed by atoms with Crippen LogP contribution in [0.4, 0.5) is 8.78 Å². The molecule has 2 aliphatic heterocycles. The second-order valence-electron chi connectivity index (χ2n) is 6.17. The number of phosphoric acid groups is 1. The number of fused-ring (bicyclic) bond motifs is 1. The van der Waals surface area contributed by atoms with Crippen molar-refractivity contribution < 1.29 is 36.8 Å². The molecule has 0 spiro atoms. The Kier molecular flexibility index (Phi) is 4.93. The fourth-order valence-corrected chi connectivity index (χ4v) is 4.45. The normalized spacial score (nSPS) is 37.3. The fraction of sp³-hybridized carbons (Fsp3) is 0.692. The first-order valence-electron chi connectivity index (χ1n) is 7.65. The lowest BCUT2D eigenvalue weighted by molar-refractivity contribution is -0.208. The summed E-state index contributed by atoms with van der Waals surface area (Å²) in [7, 11) is -4.22. The minimum absolute atomic E-state index is 0.600. The van der Waals surface area contributed by atoms with Crippen molar-refractivity contribution in [3.05, 3.63) is 33.1 Å². The van der Waals surface area contributed by atoms with Crippen LogP contribution in [-0.4, -0.2) is 51.6 Å². The Morgan fingerprint density at radius 3 is 2.73 bits per heavy atom. The zero-order valence-electron chi connectivity index (χ0n) is 13.7. The molecule has 0 aromatic carbocycles. The summed E-state index contributed by atoms with van der Waals surface area (Å²) in [6.07, 6.45) is -8.02. The zero-order chi connectivity index (χ0) is 19.3. The van der Waals surface area contributed by atoms with E-state index in [0.29, 0.717) is 0 Å². The summed E-state index contributed by atoms with van der Waals surface area (Å²) < 4.78 is 60.9. The lowest BCUT2D eigenvalue weighted by Crippen LogP contribution is -2.56. The van der Waals surface area contributed by atoms with Crippen LogP contribution in [-0.2, 0) is 22.9 Å². The number of phosphoric ester groups is 1. The van der Waals surface area contributed by atoms with Crippen LogP contribution in [0.25, 0.3) is 0 Å². The molecule has 2 aliphatic rings. The molecule has 0 amide bonds. The molecule has 0 bridgehead atoms. The van der Waals surface area contributed by atoms with E-state index in [9.17, 15) is 28.0 Å². The molecule has 3 rings (SSSR count). The molecule has 0 aliphatic carbocycles. The Hall–Kier alpha value is -1.43. The van der Waals surface area contributed by atoms with Crippen molar-refractivity contribution in [3.63, 3.8) is 0 Å². The van der Waals surface area contributed by atoms with Crippen molar-refractivity contribution in [1.29, 1.82) is 0 Å². The fourth-order valence-electron chi connectivity index (χ4n) is 2.82. The van der Waals surface area contributed by atoms with Gasteiger partial charge in [0.25, 0.3) is 12.0 Å². The van der Waals surface area contributed by atoms with E-state index in [0.717, 1.165) is 16.8 Å². The molecule has 26 heavy (non-hydrogen) atoms. The molecule has 3 heterocycles. The molecule has 10 nitrogen and oxygen atoms in total. The second-order valence-corrected chi connectivity index (χ2v) is 7.75. The van der Waals surface area contributed by atoms with E-state index >= 15 is 0 Å². The zero-order valence-corrected chi connectivity index (χ0v) is 14.6. The van der Waals surface area contributed by atoms with Gasteiger partial charge in [0.15, 0.2) is 11.8 Å². The van der Waals surface area contributed by atoms with Gasteiger partial charge in [0, 0.05) is 12.3 Å². The number of rotatable bonds is 4. The van der Waals surface area contributed by atoms with Crippen LogP contribution in [0.15, 0.2) is 21.9 Å². The highest BCUT2D eigenvalue weighted by Crippen LogP contribution is 2.61. The number of nitrogens with one attached hydrogen (secondary N) is 1. The van der Waals surface area contributed by atoms with Gasteiger partial charge in [-0.15, -0.1) is 0 Å². The number of ether oxygens (including phenoxy) is 1. The number of hydrogen-bond acceptors (Lipinski definition) is 8. The number of H-pyrrole nitrogens is 1. The smallest absolute Gasteiger partial charge is 0.386 e. The van der Waals surface area contributed by atoms with E-state index in [2.05, 4.69) is 0 Å². The number of alkyl halides is 2. The predicted molar refractivity (Wildman–Crippen MR) is 80.8 cm³/mol. The summed E-state index contributed by atoms with van der Waals surface area (Å²) in [5, 5.41) is 10.4. The molecule has 1 unspecified atom stereocenters.